The van der Waals surface area contributed by atoms with E-state index in [0.717, 1.165) is 22.2 Å². The molecule has 5 nitrogen and oxygen atoms in total. The number of carbonyl (C=O) groups is 1. The summed E-state index contributed by atoms with van der Waals surface area (Å²) in [6.45, 7) is 0.370. The van der Waals surface area contributed by atoms with Crippen molar-refractivity contribution in [1.82, 2.24) is 15.3 Å². The van der Waals surface area contributed by atoms with Gasteiger partial charge in [-0.05, 0) is 65.9 Å². The Balaban J connectivity index is 1.25. The number of carbonyl (C=O) groups excluding carboxylic acids is 1. The number of halogens is 3. The van der Waals surface area contributed by atoms with Crippen LogP contribution in [0, 0.1) is 0 Å². The van der Waals surface area contributed by atoms with Crippen LogP contribution in [0.3, 0.4) is 0 Å². The number of pyridine rings is 2. The van der Waals surface area contributed by atoms with Crippen molar-refractivity contribution in [1.29, 1.82) is 0 Å². The Morgan fingerprint density at radius 1 is 0.941 bits per heavy atom. The first kappa shape index (κ1) is 23.2. The molecule has 0 aliphatic rings. The first-order valence-corrected chi connectivity index (χ1v) is 10.8. The molecule has 0 radical (unpaired) electrons. The van der Waals surface area contributed by atoms with Gasteiger partial charge in [0, 0.05) is 30.2 Å². The number of amides is 1. The van der Waals surface area contributed by atoms with Gasteiger partial charge in [-0.25, -0.2) is 9.97 Å². The number of aryl methyl sites for hydroxylation is 1. The molecule has 0 aliphatic heterocycles. The van der Waals surface area contributed by atoms with Crippen molar-refractivity contribution in [2.24, 2.45) is 0 Å². The predicted octanol–water partition coefficient (Wildman–Crippen LogP) is 5.83. The zero-order valence-corrected chi connectivity index (χ0v) is 18.2. The number of nitrogens with one attached hydrogen (secondary N) is 1. The normalized spacial score (nSPS) is 11.4. The topological polar surface area (TPSA) is 64.1 Å². The molecular weight excluding hydrogens is 443 g/mol. The molecule has 0 aliphatic carbocycles. The maximum absolute atomic E-state index is 12.4. The number of alkyl halides is 3. The lowest BCUT2D eigenvalue weighted by atomic mass is 10.0. The molecule has 2 aromatic heterocycles. The van der Waals surface area contributed by atoms with E-state index in [2.05, 4.69) is 20.0 Å². The Bertz CT molecular complexity index is 1270. The molecule has 0 spiro atoms. The van der Waals surface area contributed by atoms with Gasteiger partial charge in [0.05, 0.1) is 0 Å². The van der Waals surface area contributed by atoms with E-state index in [4.69, 9.17) is 0 Å². The van der Waals surface area contributed by atoms with Crippen LogP contribution < -0.4 is 10.1 Å². The zero-order chi connectivity index (χ0) is 24.0. The van der Waals surface area contributed by atoms with E-state index < -0.39 is 6.36 Å². The highest BCUT2D eigenvalue weighted by atomic mass is 19.4. The van der Waals surface area contributed by atoms with Gasteiger partial charge in [0.1, 0.15) is 5.75 Å². The van der Waals surface area contributed by atoms with Gasteiger partial charge in [-0.15, -0.1) is 13.2 Å². The standard InChI is InChI=1S/C26H22F3N3O2/c27-26(28,29)34-23-7-1-4-21(16-23)19-11-9-18(10-12-19)17-31-24(33)8-2-6-22-14-13-20-5-3-15-30-25(20)32-22/h1,3-5,7,9-16H,2,6,8,17H2,(H,31,33). The summed E-state index contributed by atoms with van der Waals surface area (Å²) in [5.74, 6) is -0.323. The van der Waals surface area contributed by atoms with Gasteiger partial charge in [0.2, 0.25) is 5.91 Å². The molecule has 0 saturated heterocycles. The van der Waals surface area contributed by atoms with Crippen LogP contribution in [0.15, 0.2) is 79.0 Å². The molecule has 0 atom stereocenters. The predicted molar refractivity (Wildman–Crippen MR) is 123 cm³/mol. The molecule has 4 aromatic rings. The molecule has 34 heavy (non-hydrogen) atoms. The summed E-state index contributed by atoms with van der Waals surface area (Å²) in [6.07, 6.45) is -1.29. The molecule has 2 aromatic carbocycles. The molecular formula is C26H22F3N3O2. The first-order valence-electron chi connectivity index (χ1n) is 10.8. The summed E-state index contributed by atoms with van der Waals surface area (Å²) in [4.78, 5) is 21.0. The van der Waals surface area contributed by atoms with Gasteiger partial charge >= 0.3 is 6.36 Å². The number of aromatic nitrogens is 2. The molecule has 1 amide bonds. The van der Waals surface area contributed by atoms with Crippen molar-refractivity contribution in [2.75, 3.05) is 0 Å². The Morgan fingerprint density at radius 3 is 2.56 bits per heavy atom. The van der Waals surface area contributed by atoms with E-state index in [9.17, 15) is 18.0 Å². The second-order valence-electron chi connectivity index (χ2n) is 7.76. The van der Waals surface area contributed by atoms with Gasteiger partial charge in [0.25, 0.3) is 0 Å². The molecule has 2 heterocycles. The fraction of sp³-hybridized carbons (Fsp3) is 0.192. The smallest absolute Gasteiger partial charge is 0.406 e. The summed E-state index contributed by atoms with van der Waals surface area (Å²) < 4.78 is 41.3. The van der Waals surface area contributed by atoms with E-state index >= 15 is 0 Å². The summed E-state index contributed by atoms with van der Waals surface area (Å²) in [6, 6.07) is 20.8. The third-order valence-electron chi connectivity index (χ3n) is 5.20. The number of hydrogen-bond acceptors (Lipinski definition) is 4. The number of ether oxygens (including phenoxy) is 1. The highest BCUT2D eigenvalue weighted by Crippen LogP contribution is 2.28. The summed E-state index contributed by atoms with van der Waals surface area (Å²) in [7, 11) is 0. The lowest BCUT2D eigenvalue weighted by Crippen LogP contribution is -2.22. The SMILES string of the molecule is O=C(CCCc1ccc2cccnc2n1)NCc1ccc(-c2cccc(OC(F)(F)F)c2)cc1. The highest BCUT2D eigenvalue weighted by Gasteiger charge is 2.31. The van der Waals surface area contributed by atoms with Crippen molar-refractivity contribution < 1.29 is 22.7 Å². The van der Waals surface area contributed by atoms with Gasteiger partial charge in [0.15, 0.2) is 5.65 Å². The van der Waals surface area contributed by atoms with E-state index in [1.165, 1.54) is 18.2 Å². The van der Waals surface area contributed by atoms with Gasteiger partial charge in [-0.3, -0.25) is 4.79 Å². The van der Waals surface area contributed by atoms with Crippen molar-refractivity contribution in [2.45, 2.75) is 32.2 Å². The third-order valence-corrected chi connectivity index (χ3v) is 5.20. The molecule has 174 valence electrons. The van der Waals surface area contributed by atoms with Crippen LogP contribution in [-0.2, 0) is 17.8 Å². The van der Waals surface area contributed by atoms with Gasteiger partial charge in [-0.1, -0.05) is 36.4 Å². The Morgan fingerprint density at radius 2 is 1.76 bits per heavy atom. The van der Waals surface area contributed by atoms with Crippen molar-refractivity contribution in [3.63, 3.8) is 0 Å². The molecule has 1 N–H and O–H groups in total. The minimum absolute atomic E-state index is 0.0556. The maximum atomic E-state index is 12.4. The monoisotopic (exact) mass is 465 g/mol. The molecule has 0 saturated carbocycles. The first-order chi connectivity index (χ1) is 16.4. The number of nitrogens with zero attached hydrogens (tertiary/aromatic N) is 2. The fourth-order valence-electron chi connectivity index (χ4n) is 3.54. The fourth-order valence-corrected chi connectivity index (χ4v) is 3.54. The Kier molecular flexibility index (Phi) is 7.06. The van der Waals surface area contributed by atoms with Crippen LogP contribution in [0.5, 0.6) is 5.75 Å². The van der Waals surface area contributed by atoms with Crippen LogP contribution in [0.25, 0.3) is 22.2 Å². The Hall–Kier alpha value is -3.94. The van der Waals surface area contributed by atoms with Crippen LogP contribution in [0.1, 0.15) is 24.1 Å². The second-order valence-corrected chi connectivity index (χ2v) is 7.76. The minimum atomic E-state index is -4.73. The number of hydrogen-bond donors (Lipinski definition) is 1. The zero-order valence-electron chi connectivity index (χ0n) is 18.2. The van der Waals surface area contributed by atoms with E-state index in [1.54, 1.807) is 24.4 Å². The van der Waals surface area contributed by atoms with E-state index in [1.807, 2.05) is 36.4 Å². The Labute approximate surface area is 194 Å². The molecule has 4 rings (SSSR count). The van der Waals surface area contributed by atoms with E-state index in [-0.39, 0.29) is 11.7 Å². The summed E-state index contributed by atoms with van der Waals surface area (Å²) >= 11 is 0. The molecule has 0 fully saturated rings. The average molecular weight is 465 g/mol. The lowest BCUT2D eigenvalue weighted by molar-refractivity contribution is -0.274. The highest BCUT2D eigenvalue weighted by molar-refractivity contribution is 5.76. The van der Waals surface area contributed by atoms with Gasteiger partial charge < -0.3 is 10.1 Å². The van der Waals surface area contributed by atoms with Crippen LogP contribution in [-0.4, -0.2) is 22.2 Å². The van der Waals surface area contributed by atoms with Crippen molar-refractivity contribution in [3.8, 4) is 16.9 Å². The van der Waals surface area contributed by atoms with Gasteiger partial charge in [-0.2, -0.15) is 0 Å². The number of rotatable bonds is 8. The minimum Gasteiger partial charge on any atom is -0.406 e. The van der Waals surface area contributed by atoms with Crippen molar-refractivity contribution >= 4 is 16.9 Å². The molecule has 8 heteroatoms. The van der Waals surface area contributed by atoms with Crippen molar-refractivity contribution in [3.05, 3.63) is 90.3 Å². The third kappa shape index (κ3) is 6.54. The van der Waals surface area contributed by atoms with Crippen LogP contribution in [0.2, 0.25) is 0 Å². The average Bonchev–Trinajstić information content (AvgIpc) is 2.82. The summed E-state index contributed by atoms with van der Waals surface area (Å²) in [5.41, 5.74) is 3.85. The molecule has 0 bridgehead atoms. The maximum Gasteiger partial charge on any atom is 0.573 e. The van der Waals surface area contributed by atoms with E-state index in [0.29, 0.717) is 37.0 Å². The summed E-state index contributed by atoms with van der Waals surface area (Å²) in [5, 5.41) is 3.88. The number of fused-ring (bicyclic) bond motifs is 1. The van der Waals surface area contributed by atoms with Crippen LogP contribution in [0.4, 0.5) is 13.2 Å². The quantitative estimate of drug-likeness (QED) is 0.355. The number of benzene rings is 2. The molecule has 0 unspecified atom stereocenters. The lowest BCUT2D eigenvalue weighted by Gasteiger charge is -2.11. The second kappa shape index (κ2) is 10.3. The van der Waals surface area contributed by atoms with Crippen LogP contribution >= 0.6 is 0 Å². The largest absolute Gasteiger partial charge is 0.573 e.